The van der Waals surface area contributed by atoms with Gasteiger partial charge in [0.1, 0.15) is 5.60 Å². The molecule has 0 saturated carbocycles. The number of rotatable bonds is 3. The third-order valence-electron chi connectivity index (χ3n) is 3.65. The largest absolute Gasteiger partial charge is 0.444 e. The van der Waals surface area contributed by atoms with Crippen molar-refractivity contribution >= 4 is 6.09 Å². The Morgan fingerprint density at radius 3 is 2.40 bits per heavy atom. The van der Waals surface area contributed by atoms with Crippen LogP contribution in [0.2, 0.25) is 0 Å². The number of ether oxygens (including phenoxy) is 1. The molecule has 1 aliphatic heterocycles. The van der Waals surface area contributed by atoms with Gasteiger partial charge in [0.05, 0.1) is 12.6 Å². The summed E-state index contributed by atoms with van der Waals surface area (Å²) < 4.78 is 33.8. The summed E-state index contributed by atoms with van der Waals surface area (Å²) in [5.41, 5.74) is 0.271. The number of hydrogen-bond acceptors (Lipinski definition) is 3. The first-order valence-corrected chi connectivity index (χ1v) is 8.80. The zero-order valence-electron chi connectivity index (χ0n) is 15.8. The summed E-state index contributed by atoms with van der Waals surface area (Å²) in [7, 11) is 0. The second-order valence-corrected chi connectivity index (χ2v) is 6.87. The van der Waals surface area contributed by atoms with E-state index in [0.29, 0.717) is 6.54 Å². The molecule has 0 aromatic heterocycles. The summed E-state index contributed by atoms with van der Waals surface area (Å²) in [6.07, 6.45) is -0.488. The summed E-state index contributed by atoms with van der Waals surface area (Å²) in [6, 6.07) is 8.47. The van der Waals surface area contributed by atoms with Gasteiger partial charge in [0.15, 0.2) is 0 Å². The minimum atomic E-state index is -2.98. The number of carbonyl (C=O) groups excluding carboxylic acids is 1. The van der Waals surface area contributed by atoms with E-state index in [1.54, 1.807) is 20.8 Å². The van der Waals surface area contributed by atoms with Crippen molar-refractivity contribution in [2.75, 3.05) is 13.1 Å². The Balaban J connectivity index is 0.00000151. The molecule has 1 aromatic carbocycles. The summed E-state index contributed by atoms with van der Waals surface area (Å²) >= 11 is 0. The SMILES string of the molecule is CC.CC(C)(C)OC(=O)N1CCC(NCc2ccccc2)C(F)(F)C1. The zero-order chi connectivity index (χ0) is 19.1. The Bertz CT molecular complexity index is 530. The number of amides is 1. The van der Waals surface area contributed by atoms with E-state index in [2.05, 4.69) is 5.32 Å². The smallest absolute Gasteiger partial charge is 0.410 e. The molecule has 0 bridgehead atoms. The standard InChI is InChI=1S/C17H24F2N2O2.C2H6/c1-16(2,3)23-15(22)21-10-9-14(17(18,19)12-21)20-11-13-7-5-4-6-8-13;1-2/h4-8,14,20H,9-12H2,1-3H3;1-2H3. The van der Waals surface area contributed by atoms with E-state index in [1.807, 2.05) is 44.2 Å². The average Bonchev–Trinajstić information content (AvgIpc) is 2.54. The van der Waals surface area contributed by atoms with E-state index < -0.39 is 30.2 Å². The molecule has 1 saturated heterocycles. The maximum Gasteiger partial charge on any atom is 0.410 e. The van der Waals surface area contributed by atoms with Crippen molar-refractivity contribution in [3.63, 3.8) is 0 Å². The highest BCUT2D eigenvalue weighted by molar-refractivity contribution is 5.68. The van der Waals surface area contributed by atoms with Gasteiger partial charge in [0.2, 0.25) is 0 Å². The van der Waals surface area contributed by atoms with Crippen LogP contribution in [-0.2, 0) is 11.3 Å². The molecule has 1 fully saturated rings. The number of halogens is 2. The molecule has 1 aliphatic rings. The Hall–Kier alpha value is -1.69. The number of benzene rings is 1. The van der Waals surface area contributed by atoms with E-state index in [0.717, 1.165) is 10.5 Å². The van der Waals surface area contributed by atoms with Crippen molar-refractivity contribution in [3.05, 3.63) is 35.9 Å². The van der Waals surface area contributed by atoms with Crippen molar-refractivity contribution in [2.24, 2.45) is 0 Å². The molecule has 1 N–H and O–H groups in total. The molecule has 1 aromatic rings. The fourth-order valence-corrected chi connectivity index (χ4v) is 2.51. The predicted molar refractivity (Wildman–Crippen MR) is 95.8 cm³/mol. The molecule has 25 heavy (non-hydrogen) atoms. The second kappa shape index (κ2) is 9.13. The van der Waals surface area contributed by atoms with Crippen LogP contribution in [0.5, 0.6) is 0 Å². The number of likely N-dealkylation sites (tertiary alicyclic amines) is 1. The molecule has 0 spiro atoms. The van der Waals surface area contributed by atoms with Gasteiger partial charge >= 0.3 is 6.09 Å². The molecule has 0 aliphatic carbocycles. The Labute approximate surface area is 149 Å². The molecule has 2 rings (SSSR count). The lowest BCUT2D eigenvalue weighted by molar-refractivity contribution is -0.0918. The van der Waals surface area contributed by atoms with E-state index in [4.69, 9.17) is 4.74 Å². The molecule has 142 valence electrons. The molecular formula is C19H30F2N2O2. The monoisotopic (exact) mass is 356 g/mol. The Morgan fingerprint density at radius 1 is 1.28 bits per heavy atom. The van der Waals surface area contributed by atoms with Gasteiger partial charge in [-0.15, -0.1) is 0 Å². The van der Waals surface area contributed by atoms with Crippen LogP contribution in [0.25, 0.3) is 0 Å². The number of alkyl halides is 2. The number of carbonyl (C=O) groups is 1. The minimum absolute atomic E-state index is 0.194. The van der Waals surface area contributed by atoms with E-state index in [9.17, 15) is 13.6 Å². The number of nitrogens with zero attached hydrogens (tertiary/aromatic N) is 1. The van der Waals surface area contributed by atoms with Gasteiger partial charge in [0, 0.05) is 13.1 Å². The highest BCUT2D eigenvalue weighted by Crippen LogP contribution is 2.28. The van der Waals surface area contributed by atoms with E-state index in [1.165, 1.54) is 0 Å². The van der Waals surface area contributed by atoms with Gasteiger partial charge in [0.25, 0.3) is 5.92 Å². The maximum atomic E-state index is 14.3. The lowest BCUT2D eigenvalue weighted by Gasteiger charge is -2.39. The molecule has 0 radical (unpaired) electrons. The first-order valence-electron chi connectivity index (χ1n) is 8.80. The van der Waals surface area contributed by atoms with Crippen LogP contribution in [0.4, 0.5) is 13.6 Å². The topological polar surface area (TPSA) is 41.6 Å². The van der Waals surface area contributed by atoms with Gasteiger partial charge in [-0.2, -0.15) is 0 Å². The fourth-order valence-electron chi connectivity index (χ4n) is 2.51. The van der Waals surface area contributed by atoms with Gasteiger partial charge in [-0.1, -0.05) is 44.2 Å². The molecule has 1 amide bonds. The zero-order valence-corrected chi connectivity index (χ0v) is 15.8. The number of nitrogens with one attached hydrogen (secondary N) is 1. The quantitative estimate of drug-likeness (QED) is 0.870. The summed E-state index contributed by atoms with van der Waals surface area (Å²) in [4.78, 5) is 13.0. The first kappa shape index (κ1) is 21.4. The van der Waals surface area contributed by atoms with Crippen LogP contribution in [0.3, 0.4) is 0 Å². The van der Waals surface area contributed by atoms with Crippen LogP contribution in [-0.4, -0.2) is 41.6 Å². The van der Waals surface area contributed by atoms with Crippen LogP contribution >= 0.6 is 0 Å². The Kier molecular flexibility index (Phi) is 7.80. The van der Waals surface area contributed by atoms with Gasteiger partial charge in [-0.3, -0.25) is 0 Å². The third-order valence-corrected chi connectivity index (χ3v) is 3.65. The summed E-state index contributed by atoms with van der Waals surface area (Å²) in [6.45, 7) is 9.19. The molecule has 1 unspecified atom stereocenters. The van der Waals surface area contributed by atoms with Gasteiger partial charge in [-0.25, -0.2) is 13.6 Å². The fraction of sp³-hybridized carbons (Fsp3) is 0.632. The number of piperidine rings is 1. The lowest BCUT2D eigenvalue weighted by Crippen LogP contribution is -2.58. The average molecular weight is 356 g/mol. The highest BCUT2D eigenvalue weighted by Gasteiger charge is 2.46. The first-order chi connectivity index (χ1) is 11.7. The van der Waals surface area contributed by atoms with E-state index >= 15 is 0 Å². The van der Waals surface area contributed by atoms with Crippen LogP contribution < -0.4 is 5.32 Å². The Morgan fingerprint density at radius 2 is 1.88 bits per heavy atom. The molecule has 1 heterocycles. The van der Waals surface area contributed by atoms with Crippen LogP contribution in [0, 0.1) is 0 Å². The maximum absolute atomic E-state index is 14.3. The molecule has 6 heteroatoms. The van der Waals surface area contributed by atoms with Gasteiger partial charge in [-0.05, 0) is 32.8 Å². The van der Waals surface area contributed by atoms with Crippen LogP contribution in [0.15, 0.2) is 30.3 Å². The van der Waals surface area contributed by atoms with Crippen molar-refractivity contribution in [1.29, 1.82) is 0 Å². The van der Waals surface area contributed by atoms with E-state index in [-0.39, 0.29) is 13.0 Å². The van der Waals surface area contributed by atoms with Crippen molar-refractivity contribution < 1.29 is 18.3 Å². The second-order valence-electron chi connectivity index (χ2n) is 6.87. The predicted octanol–water partition coefficient (Wildman–Crippen LogP) is 4.45. The van der Waals surface area contributed by atoms with Crippen molar-refractivity contribution in [1.82, 2.24) is 10.2 Å². The molecular weight excluding hydrogens is 326 g/mol. The molecule has 1 atom stereocenters. The van der Waals surface area contributed by atoms with Crippen molar-refractivity contribution in [2.45, 2.75) is 65.1 Å². The summed E-state index contributed by atoms with van der Waals surface area (Å²) in [5.74, 6) is -2.98. The van der Waals surface area contributed by atoms with Gasteiger partial charge < -0.3 is 15.0 Å². The van der Waals surface area contributed by atoms with Crippen LogP contribution in [0.1, 0.15) is 46.6 Å². The molecule has 4 nitrogen and oxygen atoms in total. The lowest BCUT2D eigenvalue weighted by atomic mass is 10.0. The normalized spacial score (nSPS) is 19.6. The number of hydrogen-bond donors (Lipinski definition) is 1. The third kappa shape index (κ3) is 6.98. The minimum Gasteiger partial charge on any atom is -0.444 e. The van der Waals surface area contributed by atoms with Crippen molar-refractivity contribution in [3.8, 4) is 0 Å². The highest BCUT2D eigenvalue weighted by atomic mass is 19.3. The summed E-state index contributed by atoms with van der Waals surface area (Å²) in [5, 5.41) is 2.91.